The second kappa shape index (κ2) is 8.36. The summed E-state index contributed by atoms with van der Waals surface area (Å²) in [7, 11) is 0. The molecule has 0 unspecified atom stereocenters. The highest BCUT2D eigenvalue weighted by Crippen LogP contribution is 2.23. The van der Waals surface area contributed by atoms with Gasteiger partial charge in [-0.05, 0) is 13.8 Å². The van der Waals surface area contributed by atoms with Crippen LogP contribution in [-0.2, 0) is 16.1 Å². The number of anilines is 1. The van der Waals surface area contributed by atoms with Gasteiger partial charge in [0.1, 0.15) is 18.0 Å². The first-order valence-electron chi connectivity index (χ1n) is 7.63. The van der Waals surface area contributed by atoms with Gasteiger partial charge in [0, 0.05) is 11.6 Å². The minimum atomic E-state index is -0.630. The van der Waals surface area contributed by atoms with E-state index >= 15 is 0 Å². The molecule has 2 rings (SSSR count). The third kappa shape index (κ3) is 4.85. The van der Waals surface area contributed by atoms with Crippen molar-refractivity contribution in [3.63, 3.8) is 0 Å². The molecule has 10 nitrogen and oxygen atoms in total. The molecule has 0 saturated heterocycles. The summed E-state index contributed by atoms with van der Waals surface area (Å²) in [6.45, 7) is 6.09. The maximum Gasteiger partial charge on any atom is 0.350 e. The summed E-state index contributed by atoms with van der Waals surface area (Å²) in [4.78, 5) is 50.6. The molecular weight excluding hydrogens is 376 g/mol. The van der Waals surface area contributed by atoms with Gasteiger partial charge in [-0.1, -0.05) is 24.0 Å². The molecule has 0 aliphatic heterocycles. The van der Waals surface area contributed by atoms with Crippen molar-refractivity contribution >= 4 is 34.0 Å². The SMILES string of the molecule is C=CCOC(=O)c1sc(NC(=O)Cn2cc([N+](=O)[O-])c(C)cc2=O)nc1C. The highest BCUT2D eigenvalue weighted by atomic mass is 32.1. The molecule has 2 aromatic heterocycles. The van der Waals surface area contributed by atoms with Crippen LogP contribution in [0.2, 0.25) is 0 Å². The smallest absolute Gasteiger partial charge is 0.350 e. The van der Waals surface area contributed by atoms with E-state index in [4.69, 9.17) is 4.74 Å². The number of nitrogens with one attached hydrogen (secondary N) is 1. The number of hydrogen-bond acceptors (Lipinski definition) is 8. The predicted octanol–water partition coefficient (Wildman–Crippen LogP) is 1.81. The first-order valence-corrected chi connectivity index (χ1v) is 8.45. The maximum absolute atomic E-state index is 12.2. The Morgan fingerprint density at radius 2 is 2.19 bits per heavy atom. The largest absolute Gasteiger partial charge is 0.457 e. The van der Waals surface area contributed by atoms with Crippen LogP contribution in [0, 0.1) is 24.0 Å². The van der Waals surface area contributed by atoms with E-state index in [9.17, 15) is 24.5 Å². The molecule has 27 heavy (non-hydrogen) atoms. The van der Waals surface area contributed by atoms with Crippen LogP contribution in [0.5, 0.6) is 0 Å². The molecule has 0 atom stereocenters. The van der Waals surface area contributed by atoms with Crippen molar-refractivity contribution in [3.05, 3.63) is 61.5 Å². The predicted molar refractivity (Wildman–Crippen MR) is 98.1 cm³/mol. The Kier molecular flexibility index (Phi) is 6.19. The molecule has 0 bridgehead atoms. The van der Waals surface area contributed by atoms with Crippen LogP contribution in [0.25, 0.3) is 0 Å². The summed E-state index contributed by atoms with van der Waals surface area (Å²) in [6.07, 6.45) is 2.44. The van der Waals surface area contributed by atoms with Crippen LogP contribution in [0.4, 0.5) is 10.8 Å². The highest BCUT2D eigenvalue weighted by Gasteiger charge is 2.19. The Labute approximate surface area is 157 Å². The lowest BCUT2D eigenvalue weighted by molar-refractivity contribution is -0.385. The summed E-state index contributed by atoms with van der Waals surface area (Å²) in [5.74, 6) is -1.20. The number of pyridine rings is 1. The number of aryl methyl sites for hydroxylation is 2. The van der Waals surface area contributed by atoms with Crippen LogP contribution >= 0.6 is 11.3 Å². The molecule has 0 spiro atoms. The van der Waals surface area contributed by atoms with Crippen LogP contribution in [0.3, 0.4) is 0 Å². The van der Waals surface area contributed by atoms with Crippen molar-refractivity contribution in [1.29, 1.82) is 0 Å². The van der Waals surface area contributed by atoms with Crippen molar-refractivity contribution in [2.24, 2.45) is 0 Å². The third-order valence-electron chi connectivity index (χ3n) is 3.38. The van der Waals surface area contributed by atoms with Crippen molar-refractivity contribution < 1.29 is 19.2 Å². The number of carbonyl (C=O) groups excluding carboxylic acids is 2. The van der Waals surface area contributed by atoms with Crippen molar-refractivity contribution in [3.8, 4) is 0 Å². The summed E-state index contributed by atoms with van der Waals surface area (Å²) < 4.78 is 5.86. The lowest BCUT2D eigenvalue weighted by Gasteiger charge is -2.06. The van der Waals surface area contributed by atoms with Gasteiger partial charge in [0.05, 0.1) is 16.8 Å². The van der Waals surface area contributed by atoms with Crippen LogP contribution in [0.15, 0.2) is 29.7 Å². The van der Waals surface area contributed by atoms with Crippen LogP contribution in [-0.4, -0.2) is 33.0 Å². The average Bonchev–Trinajstić information content (AvgIpc) is 2.95. The number of rotatable bonds is 7. The molecule has 2 heterocycles. The van der Waals surface area contributed by atoms with E-state index in [2.05, 4.69) is 16.9 Å². The Morgan fingerprint density at radius 1 is 1.48 bits per heavy atom. The zero-order valence-electron chi connectivity index (χ0n) is 14.6. The van der Waals surface area contributed by atoms with Crippen LogP contribution in [0.1, 0.15) is 20.9 Å². The number of carbonyl (C=O) groups is 2. The van der Waals surface area contributed by atoms with Gasteiger partial charge in [0.2, 0.25) is 5.91 Å². The fourth-order valence-electron chi connectivity index (χ4n) is 2.12. The van der Waals surface area contributed by atoms with Gasteiger partial charge in [-0.25, -0.2) is 9.78 Å². The molecule has 0 aromatic carbocycles. The molecule has 1 N–H and O–H groups in total. The normalized spacial score (nSPS) is 10.3. The Morgan fingerprint density at radius 3 is 2.81 bits per heavy atom. The second-order valence-corrected chi connectivity index (χ2v) is 6.43. The van der Waals surface area contributed by atoms with Crippen molar-refractivity contribution in [1.82, 2.24) is 9.55 Å². The van der Waals surface area contributed by atoms with Gasteiger partial charge in [-0.3, -0.25) is 24.3 Å². The number of thiazole rings is 1. The van der Waals surface area contributed by atoms with E-state index in [0.717, 1.165) is 28.2 Å². The average molecular weight is 392 g/mol. The molecule has 11 heteroatoms. The zero-order chi connectivity index (χ0) is 20.1. The van der Waals surface area contributed by atoms with Gasteiger partial charge in [0.15, 0.2) is 5.13 Å². The minimum Gasteiger partial charge on any atom is -0.457 e. The van der Waals surface area contributed by atoms with Gasteiger partial charge >= 0.3 is 5.97 Å². The molecule has 0 aliphatic rings. The topological polar surface area (TPSA) is 133 Å². The minimum absolute atomic E-state index is 0.0486. The molecule has 2 aromatic rings. The fourth-order valence-corrected chi connectivity index (χ4v) is 3.00. The Hall–Kier alpha value is -3.34. The number of nitrogens with zero attached hydrogens (tertiary/aromatic N) is 3. The lowest BCUT2D eigenvalue weighted by atomic mass is 10.2. The number of amides is 1. The van der Waals surface area contributed by atoms with Gasteiger partial charge in [-0.15, -0.1) is 0 Å². The van der Waals surface area contributed by atoms with E-state index in [0.29, 0.717) is 5.69 Å². The van der Waals surface area contributed by atoms with E-state index in [1.165, 1.54) is 13.0 Å². The fraction of sp³-hybridized carbons (Fsp3) is 0.250. The van der Waals surface area contributed by atoms with E-state index in [1.807, 2.05) is 0 Å². The number of esters is 1. The number of hydrogen-bond donors (Lipinski definition) is 1. The second-order valence-electron chi connectivity index (χ2n) is 5.43. The third-order valence-corrected chi connectivity index (χ3v) is 4.43. The maximum atomic E-state index is 12.2. The van der Waals surface area contributed by atoms with E-state index in [1.54, 1.807) is 6.92 Å². The van der Waals surface area contributed by atoms with Crippen molar-refractivity contribution in [2.75, 3.05) is 11.9 Å². The number of nitro groups is 1. The quantitative estimate of drug-likeness (QED) is 0.329. The molecular formula is C16H16N4O6S. The van der Waals surface area contributed by atoms with E-state index < -0.39 is 28.9 Å². The Bertz CT molecular complexity index is 978. The molecule has 0 saturated carbocycles. The van der Waals surface area contributed by atoms with Crippen molar-refractivity contribution in [2.45, 2.75) is 20.4 Å². The number of aromatic nitrogens is 2. The zero-order valence-corrected chi connectivity index (χ0v) is 15.4. The summed E-state index contributed by atoms with van der Waals surface area (Å²) in [6, 6.07) is 1.09. The lowest BCUT2D eigenvalue weighted by Crippen LogP contribution is -2.27. The van der Waals surface area contributed by atoms with Gasteiger partial charge in [0.25, 0.3) is 11.2 Å². The van der Waals surface area contributed by atoms with Gasteiger partial charge < -0.3 is 10.1 Å². The molecule has 142 valence electrons. The van der Waals surface area contributed by atoms with E-state index in [-0.39, 0.29) is 27.9 Å². The number of ether oxygens (including phenoxy) is 1. The molecule has 0 radical (unpaired) electrons. The Balaban J connectivity index is 2.14. The molecule has 0 fully saturated rings. The summed E-state index contributed by atoms with van der Waals surface area (Å²) >= 11 is 0.924. The summed E-state index contributed by atoms with van der Waals surface area (Å²) in [5, 5.41) is 13.6. The standard InChI is InChI=1S/C16H16N4O6S/c1-4-5-26-15(23)14-10(3)17-16(27-14)18-12(21)8-19-7-11(20(24)25)9(2)6-13(19)22/h4,6-7H,1,5,8H2,2-3H3,(H,17,18,21). The summed E-state index contributed by atoms with van der Waals surface area (Å²) in [5.41, 5.74) is -0.218. The van der Waals surface area contributed by atoms with Gasteiger partial charge in [-0.2, -0.15) is 0 Å². The first kappa shape index (κ1) is 20.0. The monoisotopic (exact) mass is 392 g/mol. The molecule has 1 amide bonds. The van der Waals surface area contributed by atoms with Crippen LogP contribution < -0.4 is 10.9 Å². The molecule has 0 aliphatic carbocycles. The highest BCUT2D eigenvalue weighted by molar-refractivity contribution is 7.17. The first-order chi connectivity index (χ1) is 12.7.